The smallest absolute Gasteiger partial charge is 0.220 e. The van der Waals surface area contributed by atoms with E-state index in [2.05, 4.69) is 40.0 Å². The third-order valence-electron chi connectivity index (χ3n) is 2.63. The molecule has 1 fully saturated rings. The Morgan fingerprint density at radius 1 is 1.36 bits per heavy atom. The molecular formula is C11H12INO. The highest BCUT2D eigenvalue weighted by atomic mass is 127. The van der Waals surface area contributed by atoms with E-state index in [1.165, 1.54) is 5.56 Å². The highest BCUT2D eigenvalue weighted by molar-refractivity contribution is 14.1. The minimum absolute atomic E-state index is 0.181. The molecule has 1 saturated heterocycles. The summed E-state index contributed by atoms with van der Waals surface area (Å²) in [7, 11) is 0. The normalized spacial score (nSPS) is 26.2. The van der Waals surface area contributed by atoms with Crippen LogP contribution in [0.25, 0.3) is 0 Å². The zero-order valence-corrected chi connectivity index (χ0v) is 9.90. The van der Waals surface area contributed by atoms with Gasteiger partial charge in [0.05, 0.1) is 0 Å². The van der Waals surface area contributed by atoms with Gasteiger partial charge in [0, 0.05) is 22.8 Å². The molecule has 74 valence electrons. The van der Waals surface area contributed by atoms with Crippen LogP contribution in [0.5, 0.6) is 0 Å². The molecule has 0 saturated carbocycles. The zero-order chi connectivity index (χ0) is 9.97. The molecule has 1 amide bonds. The molecule has 2 nitrogen and oxygen atoms in total. The molecule has 1 aliphatic rings. The van der Waals surface area contributed by atoms with Crippen molar-refractivity contribution in [3.63, 3.8) is 0 Å². The number of carbonyl (C=O) groups is 1. The number of carbonyl (C=O) groups excluding carboxylic acids is 1. The van der Waals surface area contributed by atoms with E-state index in [0.29, 0.717) is 18.4 Å². The maximum absolute atomic E-state index is 11.3. The first-order valence-electron chi connectivity index (χ1n) is 4.71. The molecule has 2 atom stereocenters. The first-order valence-corrected chi connectivity index (χ1v) is 6.24. The van der Waals surface area contributed by atoms with Gasteiger partial charge in [-0.2, -0.15) is 0 Å². The summed E-state index contributed by atoms with van der Waals surface area (Å²) in [4.78, 5) is 11.3. The van der Waals surface area contributed by atoms with E-state index in [1.54, 1.807) is 0 Å². The van der Waals surface area contributed by atoms with E-state index >= 15 is 0 Å². The van der Waals surface area contributed by atoms with Crippen molar-refractivity contribution in [1.29, 1.82) is 0 Å². The summed E-state index contributed by atoms with van der Waals surface area (Å²) >= 11 is 2.33. The number of hydrogen-bond donors (Lipinski definition) is 1. The fourth-order valence-electron chi connectivity index (χ4n) is 1.90. The van der Waals surface area contributed by atoms with Gasteiger partial charge in [0.25, 0.3) is 0 Å². The van der Waals surface area contributed by atoms with Gasteiger partial charge in [-0.05, 0) is 5.56 Å². The van der Waals surface area contributed by atoms with Crippen LogP contribution in [0.1, 0.15) is 17.9 Å². The average molecular weight is 301 g/mol. The van der Waals surface area contributed by atoms with Crippen molar-refractivity contribution in [2.45, 2.75) is 18.4 Å². The van der Waals surface area contributed by atoms with E-state index in [0.717, 1.165) is 4.43 Å². The fraction of sp³-hybridized carbons (Fsp3) is 0.364. The Morgan fingerprint density at radius 2 is 2.07 bits per heavy atom. The van der Waals surface area contributed by atoms with Gasteiger partial charge in [-0.1, -0.05) is 52.9 Å². The summed E-state index contributed by atoms with van der Waals surface area (Å²) in [5.41, 5.74) is 1.27. The molecule has 1 aromatic carbocycles. The van der Waals surface area contributed by atoms with Crippen LogP contribution in [0, 0.1) is 0 Å². The Hall–Kier alpha value is -0.580. The average Bonchev–Trinajstić information content (AvgIpc) is 2.61. The molecule has 2 rings (SSSR count). The Balaban J connectivity index is 2.22. The highest BCUT2D eigenvalue weighted by Gasteiger charge is 2.32. The van der Waals surface area contributed by atoms with Gasteiger partial charge in [0.1, 0.15) is 0 Å². The van der Waals surface area contributed by atoms with Crippen LogP contribution < -0.4 is 5.32 Å². The summed E-state index contributed by atoms with van der Waals surface area (Å²) in [5, 5.41) is 3.01. The number of nitrogens with one attached hydrogen (secondary N) is 1. The molecule has 0 bridgehead atoms. The summed E-state index contributed by atoms with van der Waals surface area (Å²) in [5.74, 6) is 0.543. The van der Waals surface area contributed by atoms with Crippen molar-refractivity contribution in [2.75, 3.05) is 4.43 Å². The van der Waals surface area contributed by atoms with E-state index in [4.69, 9.17) is 0 Å². The SMILES string of the molecule is O=C1C[C@@H](c2ccccc2)[C@H](CI)N1. The van der Waals surface area contributed by atoms with Crippen LogP contribution in [0.4, 0.5) is 0 Å². The van der Waals surface area contributed by atoms with Crippen molar-refractivity contribution in [3.8, 4) is 0 Å². The number of benzene rings is 1. The fourth-order valence-corrected chi connectivity index (χ4v) is 2.74. The maximum Gasteiger partial charge on any atom is 0.220 e. The number of rotatable bonds is 2. The standard InChI is InChI=1S/C11H12INO/c12-7-10-9(6-11(14)13-10)8-4-2-1-3-5-8/h1-5,9-10H,6-7H2,(H,13,14)/t9-,10-/m0/s1. The van der Waals surface area contributed by atoms with Gasteiger partial charge in [0.15, 0.2) is 0 Å². The largest absolute Gasteiger partial charge is 0.352 e. The predicted octanol–water partition coefficient (Wildman–Crippen LogP) is 2.09. The van der Waals surface area contributed by atoms with Gasteiger partial charge in [0.2, 0.25) is 5.91 Å². The lowest BCUT2D eigenvalue weighted by atomic mass is 9.93. The van der Waals surface area contributed by atoms with E-state index in [9.17, 15) is 4.79 Å². The Bertz CT molecular complexity index is 325. The second-order valence-corrected chi connectivity index (χ2v) is 4.43. The molecule has 0 aliphatic carbocycles. The molecule has 3 heteroatoms. The van der Waals surface area contributed by atoms with Gasteiger partial charge in [-0.3, -0.25) is 4.79 Å². The lowest BCUT2D eigenvalue weighted by molar-refractivity contribution is -0.119. The first-order chi connectivity index (χ1) is 6.81. The van der Waals surface area contributed by atoms with E-state index < -0.39 is 0 Å². The summed E-state index contributed by atoms with van der Waals surface area (Å²) in [6.07, 6.45) is 0.637. The van der Waals surface area contributed by atoms with Crippen molar-refractivity contribution >= 4 is 28.5 Å². The van der Waals surface area contributed by atoms with Gasteiger partial charge in [-0.15, -0.1) is 0 Å². The number of hydrogen-bond acceptors (Lipinski definition) is 1. The molecule has 14 heavy (non-hydrogen) atoms. The van der Waals surface area contributed by atoms with Crippen molar-refractivity contribution in [1.82, 2.24) is 5.32 Å². The molecule has 0 aromatic heterocycles. The van der Waals surface area contributed by atoms with Crippen LogP contribution in [0.3, 0.4) is 0 Å². The second kappa shape index (κ2) is 4.29. The number of halogens is 1. The molecule has 0 unspecified atom stereocenters. The maximum atomic E-state index is 11.3. The number of amides is 1. The molecule has 1 aliphatic heterocycles. The van der Waals surface area contributed by atoms with Gasteiger partial charge >= 0.3 is 0 Å². The Labute approximate surface area is 97.2 Å². The summed E-state index contributed by atoms with van der Waals surface area (Å²) in [6.45, 7) is 0. The molecule has 1 N–H and O–H groups in total. The highest BCUT2D eigenvalue weighted by Crippen LogP contribution is 2.29. The minimum Gasteiger partial charge on any atom is -0.352 e. The summed E-state index contributed by atoms with van der Waals surface area (Å²) in [6, 6.07) is 10.6. The third-order valence-corrected chi connectivity index (χ3v) is 3.58. The van der Waals surface area contributed by atoms with Crippen LogP contribution in [-0.2, 0) is 4.79 Å². The quantitative estimate of drug-likeness (QED) is 0.658. The molecular weight excluding hydrogens is 289 g/mol. The van der Waals surface area contributed by atoms with Gasteiger partial charge in [-0.25, -0.2) is 0 Å². The van der Waals surface area contributed by atoms with Crippen LogP contribution in [-0.4, -0.2) is 16.4 Å². The van der Waals surface area contributed by atoms with Crippen LogP contribution in [0.2, 0.25) is 0 Å². The monoisotopic (exact) mass is 301 g/mol. The van der Waals surface area contributed by atoms with Crippen molar-refractivity contribution < 1.29 is 4.79 Å². The van der Waals surface area contributed by atoms with Crippen molar-refractivity contribution in [2.24, 2.45) is 0 Å². The summed E-state index contributed by atoms with van der Waals surface area (Å²) < 4.78 is 0.975. The first kappa shape index (κ1) is 9.96. The van der Waals surface area contributed by atoms with Gasteiger partial charge < -0.3 is 5.32 Å². The van der Waals surface area contributed by atoms with E-state index in [-0.39, 0.29) is 5.91 Å². The topological polar surface area (TPSA) is 29.1 Å². The Kier molecular flexibility index (Phi) is 3.05. The van der Waals surface area contributed by atoms with Crippen molar-refractivity contribution in [3.05, 3.63) is 35.9 Å². The Morgan fingerprint density at radius 3 is 2.71 bits per heavy atom. The molecule has 0 radical (unpaired) electrons. The molecule has 1 aromatic rings. The van der Waals surface area contributed by atoms with Crippen LogP contribution >= 0.6 is 22.6 Å². The minimum atomic E-state index is 0.181. The zero-order valence-electron chi connectivity index (χ0n) is 7.74. The third kappa shape index (κ3) is 1.92. The molecule has 1 heterocycles. The second-order valence-electron chi connectivity index (χ2n) is 3.55. The molecule has 0 spiro atoms. The van der Waals surface area contributed by atoms with E-state index in [1.807, 2.05) is 18.2 Å². The lowest BCUT2D eigenvalue weighted by Crippen LogP contribution is -2.29. The predicted molar refractivity (Wildman–Crippen MR) is 64.6 cm³/mol. The van der Waals surface area contributed by atoms with Crippen LogP contribution in [0.15, 0.2) is 30.3 Å². The lowest BCUT2D eigenvalue weighted by Gasteiger charge is -2.16. The number of alkyl halides is 1.